The highest BCUT2D eigenvalue weighted by atomic mass is 127. The number of carbonyl (C=O) groups excluding carboxylic acids is 1. The van der Waals surface area contributed by atoms with Crippen molar-refractivity contribution in [3.63, 3.8) is 0 Å². The maximum Gasteiger partial charge on any atom is 0.256 e. The molecule has 0 spiro atoms. The number of anilines is 2. The molecule has 2 aromatic rings. The summed E-state index contributed by atoms with van der Waals surface area (Å²) in [4.78, 5) is 14.4. The minimum absolute atomic E-state index is 0.0683. The monoisotopic (exact) mass is 587 g/mol. The van der Waals surface area contributed by atoms with Gasteiger partial charge in [0.05, 0.1) is 30.0 Å². The fraction of sp³-hybridized carbons (Fsp3) is 0.480. The molecular weight excluding hydrogens is 558 g/mol. The lowest BCUT2D eigenvalue weighted by molar-refractivity contribution is -0.0785. The molecular formula is C25H29F3IN3O2. The summed E-state index contributed by atoms with van der Waals surface area (Å²) < 4.78 is 43.5. The van der Waals surface area contributed by atoms with Gasteiger partial charge in [-0.2, -0.15) is 0 Å². The second-order valence-electron chi connectivity index (χ2n) is 9.39. The molecule has 1 saturated heterocycles. The van der Waals surface area contributed by atoms with Gasteiger partial charge in [-0.15, -0.1) is 0 Å². The van der Waals surface area contributed by atoms with Crippen LogP contribution in [0.25, 0.3) is 0 Å². The van der Waals surface area contributed by atoms with Crippen LogP contribution in [0.15, 0.2) is 30.3 Å². The van der Waals surface area contributed by atoms with E-state index in [2.05, 4.69) is 10.6 Å². The van der Waals surface area contributed by atoms with E-state index in [1.54, 1.807) is 6.07 Å². The molecule has 0 aromatic heterocycles. The van der Waals surface area contributed by atoms with Gasteiger partial charge in [-0.1, -0.05) is 32.1 Å². The van der Waals surface area contributed by atoms with Crippen LogP contribution in [-0.2, 0) is 0 Å². The highest BCUT2D eigenvalue weighted by Crippen LogP contribution is 2.32. The van der Waals surface area contributed by atoms with E-state index in [0.29, 0.717) is 10.1 Å². The third kappa shape index (κ3) is 5.85. The smallest absolute Gasteiger partial charge is 0.256 e. The van der Waals surface area contributed by atoms with E-state index in [1.165, 1.54) is 55.2 Å². The van der Waals surface area contributed by atoms with Gasteiger partial charge in [0.25, 0.3) is 5.91 Å². The first-order chi connectivity index (χ1) is 16.3. The van der Waals surface area contributed by atoms with Crippen LogP contribution < -0.4 is 10.6 Å². The Bertz CT molecular complexity index is 1040. The predicted molar refractivity (Wildman–Crippen MR) is 134 cm³/mol. The maximum atomic E-state index is 14.6. The lowest BCUT2D eigenvalue weighted by Crippen LogP contribution is -2.67. The maximum absolute atomic E-state index is 14.6. The molecule has 5 nitrogen and oxygen atoms in total. The Labute approximate surface area is 211 Å². The molecule has 0 bridgehead atoms. The fourth-order valence-corrected chi connectivity index (χ4v) is 5.22. The van der Waals surface area contributed by atoms with Crippen LogP contribution in [0, 0.1) is 26.9 Å². The van der Waals surface area contributed by atoms with Gasteiger partial charge < -0.3 is 20.6 Å². The van der Waals surface area contributed by atoms with Crippen molar-refractivity contribution in [2.45, 2.75) is 44.1 Å². The third-order valence-corrected chi connectivity index (χ3v) is 7.35. The molecule has 1 aliphatic heterocycles. The van der Waals surface area contributed by atoms with E-state index in [0.717, 1.165) is 24.9 Å². The van der Waals surface area contributed by atoms with Gasteiger partial charge in [0.2, 0.25) is 0 Å². The van der Waals surface area contributed by atoms with Gasteiger partial charge in [0.1, 0.15) is 11.4 Å². The highest BCUT2D eigenvalue weighted by Gasteiger charge is 2.44. The van der Waals surface area contributed by atoms with Crippen LogP contribution in [0.5, 0.6) is 0 Å². The van der Waals surface area contributed by atoms with Gasteiger partial charge >= 0.3 is 0 Å². The molecule has 4 rings (SSSR count). The summed E-state index contributed by atoms with van der Waals surface area (Å²) in [5.41, 5.74) is -1.67. The van der Waals surface area contributed by atoms with E-state index >= 15 is 0 Å². The number of amides is 1. The number of benzene rings is 2. The molecule has 0 atom stereocenters. The van der Waals surface area contributed by atoms with E-state index in [-0.39, 0.29) is 24.3 Å². The summed E-state index contributed by atoms with van der Waals surface area (Å²) in [5.74, 6) is -2.87. The molecule has 1 amide bonds. The van der Waals surface area contributed by atoms with Crippen molar-refractivity contribution >= 4 is 39.9 Å². The predicted octanol–water partition coefficient (Wildman–Crippen LogP) is 5.20. The first kappa shape index (κ1) is 25.2. The van der Waals surface area contributed by atoms with E-state index < -0.39 is 34.6 Å². The number of likely N-dealkylation sites (tertiary alicyclic amines) is 1. The number of nitrogens with one attached hydrogen (secondary N) is 2. The molecule has 0 unspecified atom stereocenters. The van der Waals surface area contributed by atoms with Crippen LogP contribution in [0.1, 0.15) is 48.9 Å². The Morgan fingerprint density at radius 3 is 2.53 bits per heavy atom. The number of nitrogens with zero attached hydrogens (tertiary/aromatic N) is 1. The number of hydrogen-bond donors (Lipinski definition) is 3. The molecule has 2 fully saturated rings. The van der Waals surface area contributed by atoms with Gasteiger partial charge in [-0.05, 0) is 71.8 Å². The number of halogens is 4. The zero-order chi connectivity index (χ0) is 24.3. The summed E-state index contributed by atoms with van der Waals surface area (Å²) in [6.45, 7) is 1.34. The minimum Gasteiger partial charge on any atom is -0.385 e. The molecule has 2 aromatic carbocycles. The van der Waals surface area contributed by atoms with Gasteiger partial charge in [-0.25, -0.2) is 13.2 Å². The second kappa shape index (κ2) is 10.8. The Balaban J connectivity index is 1.37. The molecule has 1 aliphatic carbocycles. The summed E-state index contributed by atoms with van der Waals surface area (Å²) in [7, 11) is 0. The topological polar surface area (TPSA) is 64.6 Å². The number of hydrogen-bond acceptors (Lipinski definition) is 4. The van der Waals surface area contributed by atoms with E-state index in [4.69, 9.17) is 0 Å². The molecule has 184 valence electrons. The number of β-amino-alcohol motifs (C(OH)–C–C–N with tert-alkyl or cyclic N) is 1. The molecule has 9 heteroatoms. The third-order valence-electron chi connectivity index (χ3n) is 6.68. The lowest BCUT2D eigenvalue weighted by Gasteiger charge is -2.46. The summed E-state index contributed by atoms with van der Waals surface area (Å²) in [6, 6.07) is 6.31. The van der Waals surface area contributed by atoms with Crippen molar-refractivity contribution in [2.75, 3.05) is 31.5 Å². The SMILES string of the molecule is O=C(c1ccc(F)c(F)c1Nc1ccc(I)cc1F)N1CC(O)(CNCCC2CCCCC2)C1. The summed E-state index contributed by atoms with van der Waals surface area (Å²) in [5, 5.41) is 16.6. The van der Waals surface area contributed by atoms with Crippen molar-refractivity contribution < 1.29 is 23.1 Å². The lowest BCUT2D eigenvalue weighted by atomic mass is 9.87. The standard InChI is InChI=1S/C25H29F3IN3O2/c26-19-8-7-18(23(22(19)28)31-21-9-6-17(29)12-20(21)27)24(33)32-14-25(34,15-32)13-30-11-10-16-4-2-1-3-5-16/h6-9,12,16,30-31,34H,1-5,10-11,13-15H2. The second-order valence-corrected chi connectivity index (χ2v) is 10.6. The largest absolute Gasteiger partial charge is 0.385 e. The van der Waals surface area contributed by atoms with Gasteiger partial charge in [0.15, 0.2) is 11.6 Å². The zero-order valence-electron chi connectivity index (χ0n) is 18.8. The minimum atomic E-state index is -1.26. The summed E-state index contributed by atoms with van der Waals surface area (Å²) in [6.07, 6.45) is 7.53. The van der Waals surface area contributed by atoms with Crippen LogP contribution in [0.2, 0.25) is 0 Å². The highest BCUT2D eigenvalue weighted by molar-refractivity contribution is 14.1. The molecule has 0 radical (unpaired) electrons. The quantitative estimate of drug-likeness (QED) is 0.294. The molecule has 3 N–H and O–H groups in total. The van der Waals surface area contributed by atoms with E-state index in [9.17, 15) is 23.1 Å². The molecule has 1 saturated carbocycles. The molecule has 2 aliphatic rings. The van der Waals surface area contributed by atoms with Crippen molar-refractivity contribution in [3.8, 4) is 0 Å². The van der Waals surface area contributed by atoms with Crippen LogP contribution in [-0.4, -0.2) is 47.7 Å². The fourth-order valence-electron chi connectivity index (χ4n) is 4.77. The Hall–Kier alpha value is -1.85. The van der Waals surface area contributed by atoms with Crippen LogP contribution in [0.4, 0.5) is 24.5 Å². The Kier molecular flexibility index (Phi) is 8.04. The number of aliphatic hydroxyl groups is 1. The average Bonchev–Trinajstić information content (AvgIpc) is 2.80. The molecule has 34 heavy (non-hydrogen) atoms. The Morgan fingerprint density at radius 2 is 1.82 bits per heavy atom. The molecule has 1 heterocycles. The van der Waals surface area contributed by atoms with Gasteiger partial charge in [0, 0.05) is 10.1 Å². The van der Waals surface area contributed by atoms with E-state index in [1.807, 2.05) is 22.6 Å². The normalized spacial score (nSPS) is 18.0. The first-order valence-electron chi connectivity index (χ1n) is 11.7. The van der Waals surface area contributed by atoms with Crippen molar-refractivity contribution in [2.24, 2.45) is 5.92 Å². The van der Waals surface area contributed by atoms with Crippen molar-refractivity contribution in [3.05, 3.63) is 56.9 Å². The van der Waals surface area contributed by atoms with Crippen LogP contribution >= 0.6 is 22.6 Å². The summed E-state index contributed by atoms with van der Waals surface area (Å²) >= 11 is 1.94. The number of rotatable bonds is 8. The zero-order valence-corrected chi connectivity index (χ0v) is 21.0. The number of carbonyl (C=O) groups is 1. The Morgan fingerprint density at radius 1 is 1.09 bits per heavy atom. The first-order valence-corrected chi connectivity index (χ1v) is 12.8. The van der Waals surface area contributed by atoms with Crippen molar-refractivity contribution in [1.82, 2.24) is 10.2 Å². The van der Waals surface area contributed by atoms with Crippen LogP contribution in [0.3, 0.4) is 0 Å². The average molecular weight is 587 g/mol. The van der Waals surface area contributed by atoms with Gasteiger partial charge in [-0.3, -0.25) is 4.79 Å². The van der Waals surface area contributed by atoms with Crippen molar-refractivity contribution in [1.29, 1.82) is 0 Å².